The van der Waals surface area contributed by atoms with Crippen LogP contribution >= 0.6 is 0 Å². The minimum absolute atomic E-state index is 0.123. The van der Waals surface area contributed by atoms with Gasteiger partial charge in [0.1, 0.15) is 6.04 Å². The Morgan fingerprint density at radius 3 is 2.17 bits per heavy atom. The van der Waals surface area contributed by atoms with Gasteiger partial charge in [-0.3, -0.25) is 9.59 Å². The molecule has 3 saturated heterocycles. The first-order valence-corrected chi connectivity index (χ1v) is 12.2. The maximum Gasteiger partial charge on any atom is 0.245 e. The van der Waals surface area contributed by atoms with Crippen LogP contribution in [0.1, 0.15) is 66.2 Å². The summed E-state index contributed by atoms with van der Waals surface area (Å²) in [5.41, 5.74) is 0.435. The Balaban J connectivity index is 1.66. The van der Waals surface area contributed by atoms with Crippen LogP contribution < -0.4 is 5.32 Å². The fraction of sp³-hybridized carbons (Fsp3) is 0.917. The lowest BCUT2D eigenvalue weighted by molar-refractivity contribution is -0.151. The van der Waals surface area contributed by atoms with Gasteiger partial charge >= 0.3 is 0 Å². The van der Waals surface area contributed by atoms with Crippen molar-refractivity contribution in [3.05, 3.63) is 0 Å². The summed E-state index contributed by atoms with van der Waals surface area (Å²) < 4.78 is 0. The minimum Gasteiger partial charge on any atom is -0.341 e. The molecule has 6 nitrogen and oxygen atoms in total. The minimum atomic E-state index is -0.305. The Bertz CT molecular complexity index is 588. The van der Waals surface area contributed by atoms with Crippen LogP contribution in [0.2, 0.25) is 0 Å². The summed E-state index contributed by atoms with van der Waals surface area (Å²) in [6, 6.07) is -0.453. The first kappa shape index (κ1) is 23.5. The van der Waals surface area contributed by atoms with E-state index in [2.05, 4.69) is 49.9 Å². The van der Waals surface area contributed by atoms with Gasteiger partial charge in [0.25, 0.3) is 0 Å². The van der Waals surface area contributed by atoms with E-state index in [9.17, 15) is 9.59 Å². The van der Waals surface area contributed by atoms with Crippen LogP contribution in [-0.2, 0) is 9.59 Å². The summed E-state index contributed by atoms with van der Waals surface area (Å²) in [5.74, 6) is 1.15. The van der Waals surface area contributed by atoms with Crippen molar-refractivity contribution in [1.29, 1.82) is 0 Å². The number of nitrogens with zero attached hydrogens (tertiary/aromatic N) is 3. The van der Waals surface area contributed by atoms with E-state index in [0.717, 1.165) is 45.3 Å². The Morgan fingerprint density at radius 1 is 1.00 bits per heavy atom. The van der Waals surface area contributed by atoms with Crippen LogP contribution in [0.4, 0.5) is 0 Å². The number of rotatable bonds is 6. The molecule has 0 aromatic carbocycles. The lowest BCUT2D eigenvalue weighted by atomic mass is 9.71. The summed E-state index contributed by atoms with van der Waals surface area (Å²) >= 11 is 0. The predicted molar refractivity (Wildman–Crippen MR) is 121 cm³/mol. The van der Waals surface area contributed by atoms with Crippen LogP contribution in [0.15, 0.2) is 0 Å². The predicted octanol–water partition coefficient (Wildman–Crippen LogP) is 2.58. The average molecular weight is 421 g/mol. The van der Waals surface area contributed by atoms with Crippen LogP contribution in [0.5, 0.6) is 0 Å². The zero-order chi connectivity index (χ0) is 21.9. The van der Waals surface area contributed by atoms with E-state index < -0.39 is 0 Å². The highest BCUT2D eigenvalue weighted by Crippen LogP contribution is 2.41. The van der Waals surface area contributed by atoms with Crippen molar-refractivity contribution in [3.8, 4) is 0 Å². The summed E-state index contributed by atoms with van der Waals surface area (Å²) in [5, 5.41) is 3.38. The van der Waals surface area contributed by atoms with E-state index in [1.165, 1.54) is 25.9 Å². The van der Waals surface area contributed by atoms with E-state index in [1.807, 2.05) is 4.90 Å². The Labute approximate surface area is 183 Å². The van der Waals surface area contributed by atoms with Gasteiger partial charge in [0.05, 0.1) is 6.04 Å². The molecule has 0 aromatic heterocycles. The highest BCUT2D eigenvalue weighted by molar-refractivity contribution is 5.90. The summed E-state index contributed by atoms with van der Waals surface area (Å²) in [4.78, 5) is 33.3. The SMILES string of the molecule is CC(C)C[C@@H]1NCCN([C@@H](CC(C)C)C(=O)N2CCC3(CCN(C)CC3)CC2)C1=O. The average Bonchev–Trinajstić information content (AvgIpc) is 2.70. The molecular formula is C24H44N4O2. The molecule has 0 saturated carbocycles. The third kappa shape index (κ3) is 5.56. The van der Waals surface area contributed by atoms with E-state index in [-0.39, 0.29) is 23.9 Å². The van der Waals surface area contributed by atoms with Gasteiger partial charge in [-0.15, -0.1) is 0 Å². The number of nitrogens with one attached hydrogen (secondary N) is 1. The molecule has 3 aliphatic rings. The summed E-state index contributed by atoms with van der Waals surface area (Å²) in [7, 11) is 2.21. The normalized spacial score (nSPS) is 26.6. The molecule has 0 bridgehead atoms. The van der Waals surface area contributed by atoms with E-state index in [1.54, 1.807) is 0 Å². The molecule has 0 radical (unpaired) electrons. The van der Waals surface area contributed by atoms with Gasteiger partial charge in [0, 0.05) is 26.2 Å². The topological polar surface area (TPSA) is 55.9 Å². The maximum absolute atomic E-state index is 13.6. The van der Waals surface area contributed by atoms with Crippen molar-refractivity contribution in [2.45, 2.75) is 78.3 Å². The molecule has 3 heterocycles. The first-order valence-electron chi connectivity index (χ1n) is 12.2. The number of carbonyl (C=O) groups is 2. The number of hydrogen-bond donors (Lipinski definition) is 1. The second-order valence-electron chi connectivity index (χ2n) is 10.9. The number of amides is 2. The number of hydrogen-bond acceptors (Lipinski definition) is 4. The number of carbonyl (C=O) groups excluding carboxylic acids is 2. The molecule has 0 unspecified atom stereocenters. The van der Waals surface area contributed by atoms with Gasteiger partial charge in [0.15, 0.2) is 0 Å². The molecule has 6 heteroatoms. The van der Waals surface area contributed by atoms with Crippen molar-refractivity contribution in [2.24, 2.45) is 17.3 Å². The quantitative estimate of drug-likeness (QED) is 0.718. The first-order chi connectivity index (χ1) is 14.2. The van der Waals surface area contributed by atoms with E-state index in [4.69, 9.17) is 0 Å². The molecular weight excluding hydrogens is 376 g/mol. The number of piperidine rings is 2. The highest BCUT2D eigenvalue weighted by atomic mass is 16.2. The van der Waals surface area contributed by atoms with Crippen molar-refractivity contribution < 1.29 is 9.59 Å². The third-order valence-electron chi connectivity index (χ3n) is 7.57. The summed E-state index contributed by atoms with van der Waals surface area (Å²) in [6.07, 6.45) is 6.34. The Hall–Kier alpha value is -1.14. The molecule has 0 aliphatic carbocycles. The molecule has 3 rings (SSSR count). The maximum atomic E-state index is 13.6. The van der Waals surface area contributed by atoms with Crippen LogP contribution in [0, 0.1) is 17.3 Å². The Kier molecular flexibility index (Phi) is 7.83. The van der Waals surface area contributed by atoms with Gasteiger partial charge in [-0.2, -0.15) is 0 Å². The molecule has 1 spiro atoms. The molecule has 172 valence electrons. The molecule has 2 amide bonds. The monoisotopic (exact) mass is 420 g/mol. The van der Waals surface area contributed by atoms with Crippen LogP contribution in [0.3, 0.4) is 0 Å². The standard InChI is InChI=1S/C24H44N4O2/c1-18(2)16-20-22(29)28(15-10-25-20)21(17-19(3)4)23(30)27-13-8-24(9-14-27)6-11-26(5)12-7-24/h18-21,25H,6-17H2,1-5H3/t20-,21-/m0/s1. The molecule has 2 atom stereocenters. The van der Waals surface area contributed by atoms with E-state index >= 15 is 0 Å². The van der Waals surface area contributed by atoms with Crippen molar-refractivity contribution >= 4 is 11.8 Å². The van der Waals surface area contributed by atoms with Gasteiger partial charge in [-0.1, -0.05) is 27.7 Å². The zero-order valence-corrected chi connectivity index (χ0v) is 20.0. The lowest BCUT2D eigenvalue weighted by Crippen LogP contribution is -2.62. The summed E-state index contributed by atoms with van der Waals surface area (Å²) in [6.45, 7) is 14.1. The fourth-order valence-corrected chi connectivity index (χ4v) is 5.53. The third-order valence-corrected chi connectivity index (χ3v) is 7.57. The van der Waals surface area contributed by atoms with Gasteiger partial charge in [0.2, 0.25) is 11.8 Å². The molecule has 3 fully saturated rings. The molecule has 3 aliphatic heterocycles. The lowest BCUT2D eigenvalue weighted by Gasteiger charge is -2.47. The molecule has 1 N–H and O–H groups in total. The Morgan fingerprint density at radius 2 is 1.60 bits per heavy atom. The largest absolute Gasteiger partial charge is 0.341 e. The highest BCUT2D eigenvalue weighted by Gasteiger charge is 2.42. The molecule has 0 aromatic rings. The van der Waals surface area contributed by atoms with Crippen molar-refractivity contribution in [3.63, 3.8) is 0 Å². The fourth-order valence-electron chi connectivity index (χ4n) is 5.53. The van der Waals surface area contributed by atoms with E-state index in [0.29, 0.717) is 23.8 Å². The zero-order valence-electron chi connectivity index (χ0n) is 20.0. The van der Waals surface area contributed by atoms with Crippen molar-refractivity contribution in [2.75, 3.05) is 46.3 Å². The van der Waals surface area contributed by atoms with Crippen molar-refractivity contribution in [1.82, 2.24) is 20.0 Å². The molecule has 30 heavy (non-hydrogen) atoms. The van der Waals surface area contributed by atoms with Gasteiger partial charge in [-0.05, 0) is 75.9 Å². The smallest absolute Gasteiger partial charge is 0.245 e. The van der Waals surface area contributed by atoms with Gasteiger partial charge in [-0.25, -0.2) is 0 Å². The van der Waals surface area contributed by atoms with Crippen LogP contribution in [0.25, 0.3) is 0 Å². The number of piperazine rings is 1. The second kappa shape index (κ2) is 9.99. The second-order valence-corrected chi connectivity index (χ2v) is 10.9. The van der Waals surface area contributed by atoms with Gasteiger partial charge < -0.3 is 20.0 Å². The number of likely N-dealkylation sites (tertiary alicyclic amines) is 2. The van der Waals surface area contributed by atoms with Crippen LogP contribution in [-0.4, -0.2) is 84.9 Å².